The predicted molar refractivity (Wildman–Crippen MR) is 224 cm³/mol. The topological polar surface area (TPSA) is 172 Å². The number of aryl methyl sites for hydroxylation is 1. The Balaban J connectivity index is 1.34. The number of hydrogen-bond donors (Lipinski definition) is 4. The number of carboxylic acid groups (broad SMARTS) is 1. The number of pyridine rings is 1. The fourth-order valence-electron chi connectivity index (χ4n) is 7.50. The molecule has 1 aliphatic heterocycles. The van der Waals surface area contributed by atoms with Gasteiger partial charge in [-0.15, -0.1) is 17.9 Å². The van der Waals surface area contributed by atoms with Crippen molar-refractivity contribution in [2.24, 2.45) is 17.3 Å². The molecule has 0 spiro atoms. The van der Waals surface area contributed by atoms with Crippen LogP contribution in [-0.2, 0) is 25.5 Å². The van der Waals surface area contributed by atoms with Crippen LogP contribution in [0.25, 0.3) is 22.3 Å². The fraction of sp³-hybridized carbons (Fsp3) is 0.524. The number of nitrogens with zero attached hydrogens (tertiary/aromatic N) is 3. The van der Waals surface area contributed by atoms with Crippen molar-refractivity contribution in [2.45, 2.75) is 116 Å². The van der Waals surface area contributed by atoms with Gasteiger partial charge in [-0.2, -0.15) is 0 Å². The summed E-state index contributed by atoms with van der Waals surface area (Å²) in [6.45, 7) is 19.5. The number of alkyl carbamates (subject to hydrolysis) is 1. The number of likely N-dealkylation sites (tertiary alicyclic amines) is 1. The molecule has 3 fully saturated rings. The third-order valence-corrected chi connectivity index (χ3v) is 12.8. The van der Waals surface area contributed by atoms with Gasteiger partial charge in [-0.05, 0) is 77.4 Å². The van der Waals surface area contributed by atoms with Gasteiger partial charge in [-0.25, -0.2) is 19.6 Å². The zero-order valence-corrected chi connectivity index (χ0v) is 35.8. The van der Waals surface area contributed by atoms with E-state index < -0.39 is 58.9 Å². The molecule has 4 N–H and O–H groups in total. The first-order valence-corrected chi connectivity index (χ1v) is 21.3. The molecule has 6 rings (SSSR count). The summed E-state index contributed by atoms with van der Waals surface area (Å²) in [4.78, 5) is 65.6. The first kappa shape index (κ1) is 42.1. The summed E-state index contributed by atoms with van der Waals surface area (Å²) in [5.74, 6) is -2.06. The minimum Gasteiger partial charge on any atom is -0.488 e. The van der Waals surface area contributed by atoms with E-state index >= 15 is 0 Å². The van der Waals surface area contributed by atoms with E-state index in [1.54, 1.807) is 0 Å². The molecule has 3 amide bonds. The number of carbonyl (C=O) groups excluding carboxylic acids is 3. The highest BCUT2D eigenvalue weighted by atomic mass is 79.9. The number of ether oxygens (including phenoxy) is 2. The highest BCUT2D eigenvalue weighted by molar-refractivity contribution is 9.10. The Kier molecular flexibility index (Phi) is 12.4. The van der Waals surface area contributed by atoms with E-state index in [9.17, 15) is 24.3 Å². The summed E-state index contributed by atoms with van der Waals surface area (Å²) in [7, 11) is 0. The van der Waals surface area contributed by atoms with Crippen molar-refractivity contribution in [1.82, 2.24) is 25.5 Å². The van der Waals surface area contributed by atoms with Crippen molar-refractivity contribution < 1.29 is 33.8 Å². The number of allylic oxidation sites excluding steroid dienone is 1. The lowest BCUT2D eigenvalue weighted by atomic mass is 9.85. The van der Waals surface area contributed by atoms with Gasteiger partial charge in [-0.3, -0.25) is 9.59 Å². The number of carbonyl (C=O) groups is 4. The number of nitrogens with one attached hydrogen (secondary N) is 3. The molecule has 1 saturated heterocycles. The Labute approximate surface area is 346 Å². The Morgan fingerprint density at radius 1 is 1.14 bits per heavy atom. The predicted octanol–water partition coefficient (Wildman–Crippen LogP) is 7.84. The van der Waals surface area contributed by atoms with Crippen LogP contribution in [-0.4, -0.2) is 80.2 Å². The van der Waals surface area contributed by atoms with Gasteiger partial charge < -0.3 is 35.4 Å². The summed E-state index contributed by atoms with van der Waals surface area (Å²) >= 11 is 5.21. The average molecular weight is 866 g/mol. The number of hydrogen-bond acceptors (Lipinski definition) is 10. The highest BCUT2D eigenvalue weighted by Crippen LogP contribution is 2.45. The van der Waals surface area contributed by atoms with Crippen LogP contribution in [0.15, 0.2) is 53.0 Å². The average Bonchev–Trinajstić information content (AvgIpc) is 3.57. The number of amides is 3. The van der Waals surface area contributed by atoms with E-state index in [2.05, 4.69) is 52.0 Å². The van der Waals surface area contributed by atoms with Crippen molar-refractivity contribution in [2.75, 3.05) is 11.9 Å². The first-order chi connectivity index (χ1) is 26.9. The molecule has 3 aromatic rings. The summed E-state index contributed by atoms with van der Waals surface area (Å²) in [5.41, 5.74) is 1.47. The highest BCUT2D eigenvalue weighted by Gasteiger charge is 2.61. The lowest BCUT2D eigenvalue weighted by Gasteiger charge is -2.35. The molecular formula is C42H53BrN6O7S. The zero-order chi connectivity index (χ0) is 41.4. The van der Waals surface area contributed by atoms with Gasteiger partial charge >= 0.3 is 12.1 Å². The third kappa shape index (κ3) is 8.99. The van der Waals surface area contributed by atoms with Crippen LogP contribution in [0.2, 0.25) is 0 Å². The van der Waals surface area contributed by atoms with Crippen molar-refractivity contribution in [3.63, 3.8) is 0 Å². The number of halogens is 1. The van der Waals surface area contributed by atoms with Gasteiger partial charge in [0.05, 0.1) is 17.8 Å². The van der Waals surface area contributed by atoms with Gasteiger partial charge in [-0.1, -0.05) is 60.3 Å². The fourth-order valence-corrected chi connectivity index (χ4v) is 8.95. The maximum absolute atomic E-state index is 14.7. The van der Waals surface area contributed by atoms with E-state index in [1.807, 2.05) is 58.2 Å². The molecule has 2 saturated carbocycles. The van der Waals surface area contributed by atoms with Crippen molar-refractivity contribution in [3.05, 3.63) is 58.5 Å². The van der Waals surface area contributed by atoms with Crippen LogP contribution in [0.5, 0.6) is 5.75 Å². The quantitative estimate of drug-likeness (QED) is 0.117. The van der Waals surface area contributed by atoms with E-state index in [0.29, 0.717) is 27.8 Å². The summed E-state index contributed by atoms with van der Waals surface area (Å²) in [6, 6.07) is 3.60. The molecular weight excluding hydrogens is 812 g/mol. The molecule has 5 atom stereocenters. The Bertz CT molecular complexity index is 2070. The minimum absolute atomic E-state index is 0.0107. The molecule has 57 heavy (non-hydrogen) atoms. The summed E-state index contributed by atoms with van der Waals surface area (Å²) in [5, 5.41) is 22.3. The summed E-state index contributed by atoms with van der Waals surface area (Å²) < 4.78 is 13.3. The number of aromatic nitrogens is 2. The van der Waals surface area contributed by atoms with E-state index in [-0.39, 0.29) is 31.4 Å². The van der Waals surface area contributed by atoms with Crippen molar-refractivity contribution >= 4 is 67.2 Å². The van der Waals surface area contributed by atoms with Gasteiger partial charge in [0.2, 0.25) is 11.8 Å². The second kappa shape index (κ2) is 16.8. The van der Waals surface area contributed by atoms with Crippen LogP contribution >= 0.6 is 27.3 Å². The number of anilines is 1. The van der Waals surface area contributed by atoms with E-state index in [1.165, 1.54) is 22.3 Å². The Morgan fingerprint density at radius 2 is 1.86 bits per heavy atom. The van der Waals surface area contributed by atoms with E-state index in [0.717, 1.165) is 53.2 Å². The number of thiazole rings is 1. The second-order valence-electron chi connectivity index (χ2n) is 16.7. The number of aliphatic carboxylic acids is 1. The second-order valence-corrected chi connectivity index (χ2v) is 18.3. The third-order valence-electron chi connectivity index (χ3n) is 11.2. The largest absolute Gasteiger partial charge is 0.488 e. The SMILES string of the molecule is C=C[C@@H]1C[C@]1(NC(=O)[C@@H]1C[C@@H](Oc2cc(-c3csc(NC(=C)C(C)C)n3)nc3c(Br)c(CC)ccc23)CN1C(=O)[C@@H](NC(=O)OC1CCCC1)C(C)(C)C)C(=O)O. The molecule has 306 valence electrons. The van der Waals surface area contributed by atoms with Crippen molar-refractivity contribution in [1.29, 1.82) is 0 Å². The van der Waals surface area contributed by atoms with Crippen LogP contribution in [0.3, 0.4) is 0 Å². The molecule has 0 unspecified atom stereocenters. The van der Waals surface area contributed by atoms with Crippen LogP contribution in [0, 0.1) is 17.3 Å². The molecule has 13 nitrogen and oxygen atoms in total. The minimum atomic E-state index is -1.51. The Hall–Kier alpha value is -4.50. The zero-order valence-electron chi connectivity index (χ0n) is 33.4. The van der Waals surface area contributed by atoms with Gasteiger partial charge in [0.25, 0.3) is 0 Å². The standard InChI is InChI=1S/C42H53BrN6O7S/c1-9-24-15-16-28-32(18-29(45-34(28)33(24)43)30-21-57-39(46-30)44-23(5)22(3)4)55-27-17-31(36(50)48-42(38(52)53)19-25(42)10-2)49(20-27)37(51)35(41(6,7)8)47-40(54)56-26-13-11-12-14-26/h10,15-16,18,21-22,25-27,31,35H,2,5,9,11-14,17,19-20H2,1,3-4,6-8H3,(H,44,46)(H,47,54)(H,48,50)(H,52,53)/t25-,27-,31+,35-,42-/m1/s1. The van der Waals surface area contributed by atoms with Crippen LogP contribution in [0.1, 0.15) is 85.6 Å². The number of carboxylic acids is 1. The smallest absolute Gasteiger partial charge is 0.408 e. The molecule has 0 bridgehead atoms. The maximum atomic E-state index is 14.7. The molecule has 3 aliphatic rings. The monoisotopic (exact) mass is 864 g/mol. The molecule has 1 aromatic carbocycles. The normalized spacial score (nSPS) is 22.6. The lowest BCUT2D eigenvalue weighted by molar-refractivity contribution is -0.146. The molecule has 3 heterocycles. The number of rotatable bonds is 14. The van der Waals surface area contributed by atoms with E-state index in [4.69, 9.17) is 19.4 Å². The van der Waals surface area contributed by atoms with Gasteiger partial charge in [0.15, 0.2) is 5.13 Å². The van der Waals surface area contributed by atoms with Crippen LogP contribution in [0.4, 0.5) is 9.93 Å². The van der Waals surface area contributed by atoms with Gasteiger partial charge in [0, 0.05) is 39.3 Å². The number of benzene rings is 1. The van der Waals surface area contributed by atoms with Gasteiger partial charge in [0.1, 0.15) is 41.3 Å². The van der Waals surface area contributed by atoms with Crippen molar-refractivity contribution in [3.8, 4) is 17.1 Å². The molecule has 2 aliphatic carbocycles. The first-order valence-electron chi connectivity index (χ1n) is 19.6. The Morgan fingerprint density at radius 3 is 2.47 bits per heavy atom. The lowest BCUT2D eigenvalue weighted by Crippen LogP contribution is -2.59. The summed E-state index contributed by atoms with van der Waals surface area (Å²) in [6.07, 6.45) is 4.40. The number of fused-ring (bicyclic) bond motifs is 1. The maximum Gasteiger partial charge on any atom is 0.408 e. The molecule has 15 heteroatoms. The molecule has 2 aromatic heterocycles. The van der Waals surface area contributed by atoms with Crippen LogP contribution < -0.4 is 20.7 Å². The molecule has 0 radical (unpaired) electrons.